The third kappa shape index (κ3) is 2.45. The van der Waals surface area contributed by atoms with Crippen molar-refractivity contribution in [1.29, 1.82) is 0 Å². The molecule has 0 amide bonds. The largest absolute Gasteiger partial charge is 0.300 e. The maximum absolute atomic E-state index is 12.0. The molecular formula is C18H22O3. The summed E-state index contributed by atoms with van der Waals surface area (Å²) in [5.74, 6) is 0.305. The number of unbranched alkanes of at least 4 members (excludes halogenated alkanes) is 1. The predicted molar refractivity (Wildman–Crippen MR) is 80.5 cm³/mol. The Kier molecular flexibility index (Phi) is 3.72. The van der Waals surface area contributed by atoms with Crippen molar-refractivity contribution in [3.63, 3.8) is 0 Å². The van der Waals surface area contributed by atoms with E-state index in [0.717, 1.165) is 24.0 Å². The van der Waals surface area contributed by atoms with Gasteiger partial charge in [-0.25, -0.2) is 9.78 Å². The summed E-state index contributed by atoms with van der Waals surface area (Å²) in [7, 11) is 0. The fourth-order valence-corrected chi connectivity index (χ4v) is 3.15. The number of rotatable bonds is 6. The summed E-state index contributed by atoms with van der Waals surface area (Å²) < 4.78 is 0. The predicted octanol–water partition coefficient (Wildman–Crippen LogP) is 4.17. The van der Waals surface area contributed by atoms with E-state index in [4.69, 9.17) is 9.78 Å². The zero-order valence-electron chi connectivity index (χ0n) is 12.7. The molecule has 1 aliphatic carbocycles. The highest BCUT2D eigenvalue weighted by molar-refractivity contribution is 5.78. The van der Waals surface area contributed by atoms with Gasteiger partial charge in [0.15, 0.2) is 0 Å². The van der Waals surface area contributed by atoms with Gasteiger partial charge in [0.2, 0.25) is 0 Å². The third-order valence-electron chi connectivity index (χ3n) is 4.54. The quantitative estimate of drug-likeness (QED) is 0.581. The van der Waals surface area contributed by atoms with E-state index in [2.05, 4.69) is 31.2 Å². The zero-order valence-corrected chi connectivity index (χ0v) is 12.7. The fraction of sp³-hybridized carbons (Fsp3) is 0.500. The van der Waals surface area contributed by atoms with Crippen molar-refractivity contribution in [3.8, 4) is 0 Å². The molecule has 0 spiro atoms. The van der Waals surface area contributed by atoms with Crippen LogP contribution >= 0.6 is 0 Å². The second kappa shape index (κ2) is 5.39. The zero-order chi connectivity index (χ0) is 14.9. The molecule has 2 aliphatic heterocycles. The first kappa shape index (κ1) is 14.5. The number of Topliss-reactive ketones (excluding diaryl/α,β-unsaturated/α-hetero) is 1. The van der Waals surface area contributed by atoms with Gasteiger partial charge in [0.05, 0.1) is 0 Å². The van der Waals surface area contributed by atoms with Crippen LogP contribution in [0, 0.1) is 0 Å². The van der Waals surface area contributed by atoms with E-state index in [1.165, 1.54) is 0 Å². The summed E-state index contributed by atoms with van der Waals surface area (Å²) in [6.45, 7) is 4.10. The van der Waals surface area contributed by atoms with Crippen molar-refractivity contribution in [1.82, 2.24) is 0 Å². The van der Waals surface area contributed by atoms with Crippen LogP contribution in [-0.4, -0.2) is 5.78 Å². The van der Waals surface area contributed by atoms with Gasteiger partial charge in [0.1, 0.15) is 17.0 Å². The van der Waals surface area contributed by atoms with Crippen molar-refractivity contribution in [2.75, 3.05) is 0 Å². The second-order valence-corrected chi connectivity index (χ2v) is 6.18. The minimum Gasteiger partial charge on any atom is -0.300 e. The molecule has 2 atom stereocenters. The van der Waals surface area contributed by atoms with Crippen LogP contribution in [0.25, 0.3) is 0 Å². The van der Waals surface area contributed by atoms with E-state index in [0.29, 0.717) is 25.0 Å². The molecule has 0 radical (unpaired) electrons. The Morgan fingerprint density at radius 3 is 2.52 bits per heavy atom. The van der Waals surface area contributed by atoms with Gasteiger partial charge in [-0.05, 0) is 43.0 Å². The number of ketones is 1. The van der Waals surface area contributed by atoms with E-state index < -0.39 is 11.2 Å². The van der Waals surface area contributed by atoms with E-state index >= 15 is 0 Å². The van der Waals surface area contributed by atoms with E-state index in [1.807, 2.05) is 19.1 Å². The molecular weight excluding hydrogens is 264 g/mol. The Labute approximate surface area is 125 Å². The molecule has 2 bridgehead atoms. The molecule has 0 N–H and O–H groups in total. The molecule has 4 rings (SSSR count). The lowest BCUT2D eigenvalue weighted by Gasteiger charge is -2.46. The monoisotopic (exact) mass is 286 g/mol. The molecule has 2 heterocycles. The minimum atomic E-state index is -0.601. The molecule has 1 aromatic rings. The fourth-order valence-electron chi connectivity index (χ4n) is 3.15. The van der Waals surface area contributed by atoms with Crippen LogP contribution in [0.5, 0.6) is 0 Å². The molecule has 0 aromatic heterocycles. The molecule has 0 saturated heterocycles. The molecule has 3 nitrogen and oxygen atoms in total. The van der Waals surface area contributed by atoms with Crippen LogP contribution in [0.2, 0.25) is 0 Å². The number of fused-ring (bicyclic) bond motifs is 1. The second-order valence-electron chi connectivity index (χ2n) is 6.18. The molecule has 0 saturated carbocycles. The van der Waals surface area contributed by atoms with Crippen LogP contribution in [0.15, 0.2) is 36.4 Å². The summed E-state index contributed by atoms with van der Waals surface area (Å²) in [5.41, 5.74) is 1.16. The Hall–Kier alpha value is -1.45. The molecule has 0 fully saturated rings. The number of carbonyl (C=O) groups is 1. The summed E-state index contributed by atoms with van der Waals surface area (Å²) >= 11 is 0. The lowest BCUT2D eigenvalue weighted by atomic mass is 9.74. The van der Waals surface area contributed by atoms with E-state index in [-0.39, 0.29) is 0 Å². The highest BCUT2D eigenvalue weighted by atomic mass is 17.2. The first-order valence-electron chi connectivity index (χ1n) is 7.78. The van der Waals surface area contributed by atoms with Gasteiger partial charge in [-0.1, -0.05) is 37.6 Å². The van der Waals surface area contributed by atoms with Crippen molar-refractivity contribution >= 4 is 5.78 Å². The third-order valence-corrected chi connectivity index (χ3v) is 4.54. The van der Waals surface area contributed by atoms with Crippen LogP contribution in [0.3, 0.4) is 0 Å². The molecule has 3 heteroatoms. The van der Waals surface area contributed by atoms with Gasteiger partial charge in [-0.15, -0.1) is 0 Å². The Morgan fingerprint density at radius 1 is 1.10 bits per heavy atom. The standard InChI is InChI=1S/C18H22O3/c1-3-4-7-14(19)10-11-18-13-12-17(2,20-21-18)15-8-5-6-9-16(15)18/h5-6,8-9,12-13H,3-4,7,10-11H2,1-2H3. The van der Waals surface area contributed by atoms with Crippen LogP contribution in [-0.2, 0) is 25.8 Å². The van der Waals surface area contributed by atoms with E-state index in [1.54, 1.807) is 0 Å². The Balaban J connectivity index is 1.81. The molecule has 3 aliphatic rings. The average Bonchev–Trinajstić information content (AvgIpc) is 2.53. The van der Waals surface area contributed by atoms with Gasteiger partial charge in [0.25, 0.3) is 0 Å². The minimum absolute atomic E-state index is 0.305. The molecule has 1 aromatic carbocycles. The number of hydrogen-bond donors (Lipinski definition) is 0. The van der Waals surface area contributed by atoms with Gasteiger partial charge in [-0.2, -0.15) is 0 Å². The summed E-state index contributed by atoms with van der Waals surface area (Å²) in [4.78, 5) is 23.3. The molecule has 21 heavy (non-hydrogen) atoms. The maximum atomic E-state index is 12.0. The average molecular weight is 286 g/mol. The van der Waals surface area contributed by atoms with Gasteiger partial charge >= 0.3 is 0 Å². The van der Waals surface area contributed by atoms with Crippen molar-refractivity contribution < 1.29 is 14.6 Å². The maximum Gasteiger partial charge on any atom is 0.148 e. The van der Waals surface area contributed by atoms with Crippen molar-refractivity contribution in [2.24, 2.45) is 0 Å². The summed E-state index contributed by atoms with van der Waals surface area (Å²) in [6, 6.07) is 8.19. The normalized spacial score (nSPS) is 29.4. The van der Waals surface area contributed by atoms with Gasteiger partial charge < -0.3 is 0 Å². The number of benzene rings is 1. The van der Waals surface area contributed by atoms with Gasteiger partial charge in [-0.3, -0.25) is 4.79 Å². The van der Waals surface area contributed by atoms with Crippen molar-refractivity contribution in [3.05, 3.63) is 47.5 Å². The summed E-state index contributed by atoms with van der Waals surface area (Å²) in [5, 5.41) is 0. The first-order valence-corrected chi connectivity index (χ1v) is 7.78. The lowest BCUT2D eigenvalue weighted by Crippen LogP contribution is -2.45. The number of hydrogen-bond acceptors (Lipinski definition) is 3. The molecule has 112 valence electrons. The van der Waals surface area contributed by atoms with E-state index in [9.17, 15) is 4.79 Å². The Morgan fingerprint density at radius 2 is 1.86 bits per heavy atom. The van der Waals surface area contributed by atoms with Crippen LogP contribution < -0.4 is 0 Å². The highest BCUT2D eigenvalue weighted by Crippen LogP contribution is 2.50. The first-order chi connectivity index (χ1) is 10.1. The smallest absolute Gasteiger partial charge is 0.148 e. The lowest BCUT2D eigenvalue weighted by molar-refractivity contribution is -0.420. The highest BCUT2D eigenvalue weighted by Gasteiger charge is 2.49. The van der Waals surface area contributed by atoms with Crippen LogP contribution in [0.4, 0.5) is 0 Å². The Bertz CT molecular complexity index is 578. The topological polar surface area (TPSA) is 35.5 Å². The SMILES string of the molecule is CCCCC(=O)CCC12C=CC(C)(OO1)c1ccccc12. The molecule has 2 unspecified atom stereocenters. The van der Waals surface area contributed by atoms with Crippen molar-refractivity contribution in [2.45, 2.75) is 57.2 Å². The van der Waals surface area contributed by atoms with Crippen LogP contribution in [0.1, 0.15) is 57.1 Å². The summed E-state index contributed by atoms with van der Waals surface area (Å²) in [6.07, 6.45) is 7.96. The van der Waals surface area contributed by atoms with Gasteiger partial charge in [0, 0.05) is 12.8 Å². The number of carbonyl (C=O) groups excluding carboxylic acids is 1.